The lowest BCUT2D eigenvalue weighted by Crippen LogP contribution is -2.76. The number of likely N-dealkylation sites (tertiary alicyclic amines) is 1. The number of hydrogen-bond acceptors (Lipinski definition) is 7. The number of aldehydes is 1. The number of aryl methyl sites for hydroxylation is 1. The smallest absolute Gasteiger partial charge is 0.185 e. The summed E-state index contributed by atoms with van der Waals surface area (Å²) in [5, 5.41) is 22.3. The summed E-state index contributed by atoms with van der Waals surface area (Å²) in [4.78, 5) is 25.1. The SMILES string of the molecule is Cc1ccc(C=O)o1.O=C1CC[C@@]2(O)[C@H]3Cc4ccc(O)c5c4[C@@]2(CCN3CC2CC2)[C@H]1O5. The van der Waals surface area contributed by atoms with Crippen molar-refractivity contribution in [3.63, 3.8) is 0 Å². The van der Waals surface area contributed by atoms with E-state index in [2.05, 4.69) is 4.90 Å². The first-order valence-electron chi connectivity index (χ1n) is 11.9. The number of ketones is 1. The number of piperidine rings is 1. The Morgan fingerprint density at radius 1 is 1.21 bits per heavy atom. The molecule has 1 aromatic heterocycles. The second-order valence-corrected chi connectivity index (χ2v) is 10.3. The molecule has 2 saturated carbocycles. The van der Waals surface area contributed by atoms with E-state index in [9.17, 15) is 19.8 Å². The van der Waals surface area contributed by atoms with Crippen LogP contribution >= 0.6 is 0 Å². The summed E-state index contributed by atoms with van der Waals surface area (Å²) < 4.78 is 10.9. The molecule has 2 aliphatic heterocycles. The normalized spacial score (nSPS) is 33.6. The van der Waals surface area contributed by atoms with Gasteiger partial charge in [0.1, 0.15) is 5.76 Å². The van der Waals surface area contributed by atoms with Crippen LogP contribution in [0.25, 0.3) is 0 Å². The van der Waals surface area contributed by atoms with E-state index in [1.807, 2.05) is 6.07 Å². The Morgan fingerprint density at radius 2 is 2.03 bits per heavy atom. The number of benzene rings is 1. The topological polar surface area (TPSA) is 100 Å². The van der Waals surface area contributed by atoms with Crippen LogP contribution in [0.5, 0.6) is 11.5 Å². The first kappa shape index (κ1) is 20.9. The average Bonchev–Trinajstić information content (AvgIpc) is 3.39. The van der Waals surface area contributed by atoms with E-state index < -0.39 is 17.1 Å². The zero-order chi connectivity index (χ0) is 23.0. The highest BCUT2D eigenvalue weighted by atomic mass is 16.5. The Bertz CT molecular complexity index is 1140. The number of Topliss-reactive ketones (excluding diaryl/α,β-unsaturated/α-hetero) is 1. The molecule has 3 aliphatic carbocycles. The predicted molar refractivity (Wildman–Crippen MR) is 119 cm³/mol. The largest absolute Gasteiger partial charge is 0.504 e. The predicted octanol–water partition coefficient (Wildman–Crippen LogP) is 2.93. The summed E-state index contributed by atoms with van der Waals surface area (Å²) in [7, 11) is 0. The Labute approximate surface area is 192 Å². The highest BCUT2D eigenvalue weighted by Crippen LogP contribution is 2.64. The zero-order valence-electron chi connectivity index (χ0n) is 18.8. The van der Waals surface area contributed by atoms with Gasteiger partial charge in [-0.15, -0.1) is 0 Å². The maximum Gasteiger partial charge on any atom is 0.185 e. The summed E-state index contributed by atoms with van der Waals surface area (Å²) in [5.74, 6) is 2.55. The van der Waals surface area contributed by atoms with Crippen molar-refractivity contribution < 1.29 is 29.0 Å². The number of phenolic OH excluding ortho intramolecular Hbond substituents is 1. The van der Waals surface area contributed by atoms with Crippen molar-refractivity contribution in [2.24, 2.45) is 5.92 Å². The molecule has 4 atom stereocenters. The molecule has 1 saturated heterocycles. The molecule has 7 heteroatoms. The molecule has 3 fully saturated rings. The summed E-state index contributed by atoms with van der Waals surface area (Å²) in [5.41, 5.74) is 0.454. The third-order valence-corrected chi connectivity index (χ3v) is 8.44. The molecule has 7 rings (SSSR count). The van der Waals surface area contributed by atoms with Crippen LogP contribution in [0.2, 0.25) is 0 Å². The maximum absolute atomic E-state index is 12.7. The van der Waals surface area contributed by atoms with Gasteiger partial charge in [0.25, 0.3) is 0 Å². The number of ether oxygens (including phenoxy) is 1. The number of aromatic hydroxyl groups is 1. The number of carbonyl (C=O) groups is 2. The third-order valence-electron chi connectivity index (χ3n) is 8.44. The van der Waals surface area contributed by atoms with Crippen molar-refractivity contribution >= 4 is 12.1 Å². The lowest BCUT2D eigenvalue weighted by Gasteiger charge is -2.62. The standard InChI is InChI=1S/C20H23NO4.C6H6O2/c22-13-4-3-12-9-15-20(24)6-5-14(23)18-19(20,16(12)17(13)25-18)7-8-21(15)10-11-1-2-11;1-5-2-3-6(4-7)8-5/h3-4,11,15,18,22,24H,1-2,5-10H2;2-4H,1H3/t15-,18+,19+,20-;/m1./s1. The number of aliphatic hydroxyl groups is 1. The molecule has 1 aromatic carbocycles. The van der Waals surface area contributed by atoms with Gasteiger partial charge in [-0.1, -0.05) is 6.07 Å². The minimum Gasteiger partial charge on any atom is -0.504 e. The molecule has 33 heavy (non-hydrogen) atoms. The van der Waals surface area contributed by atoms with Crippen molar-refractivity contribution in [1.29, 1.82) is 0 Å². The van der Waals surface area contributed by atoms with Gasteiger partial charge in [-0.25, -0.2) is 0 Å². The van der Waals surface area contributed by atoms with Crippen LogP contribution < -0.4 is 4.74 Å². The van der Waals surface area contributed by atoms with Crippen molar-refractivity contribution in [2.75, 3.05) is 13.1 Å². The van der Waals surface area contributed by atoms with Crippen LogP contribution in [0.15, 0.2) is 28.7 Å². The lowest BCUT2D eigenvalue weighted by atomic mass is 9.49. The van der Waals surface area contributed by atoms with Crippen molar-refractivity contribution in [2.45, 2.75) is 68.6 Å². The molecule has 0 radical (unpaired) electrons. The third kappa shape index (κ3) is 2.88. The number of phenols is 1. The fraction of sp³-hybridized carbons (Fsp3) is 0.538. The summed E-state index contributed by atoms with van der Waals surface area (Å²) >= 11 is 0. The van der Waals surface area contributed by atoms with Crippen LogP contribution in [0, 0.1) is 12.8 Å². The van der Waals surface area contributed by atoms with Crippen molar-refractivity contribution in [3.05, 3.63) is 46.9 Å². The Kier molecular flexibility index (Phi) is 4.55. The van der Waals surface area contributed by atoms with Gasteiger partial charge in [-0.2, -0.15) is 0 Å². The Balaban J connectivity index is 0.000000221. The number of hydrogen-bond donors (Lipinski definition) is 2. The van der Waals surface area contributed by atoms with Crippen LogP contribution in [0.1, 0.15) is 59.5 Å². The fourth-order valence-electron chi connectivity index (χ4n) is 6.78. The van der Waals surface area contributed by atoms with Crippen LogP contribution in [0.3, 0.4) is 0 Å². The first-order chi connectivity index (χ1) is 15.9. The maximum atomic E-state index is 12.7. The van der Waals surface area contributed by atoms with Gasteiger partial charge < -0.3 is 19.4 Å². The molecule has 2 aromatic rings. The highest BCUT2D eigenvalue weighted by molar-refractivity contribution is 5.90. The van der Waals surface area contributed by atoms with E-state index in [4.69, 9.17) is 9.15 Å². The van der Waals surface area contributed by atoms with E-state index in [1.165, 1.54) is 12.8 Å². The Hall–Kier alpha value is -2.64. The van der Waals surface area contributed by atoms with Crippen molar-refractivity contribution in [3.8, 4) is 11.5 Å². The van der Waals surface area contributed by atoms with Gasteiger partial charge in [0.2, 0.25) is 0 Å². The number of nitrogens with zero attached hydrogens (tertiary/aromatic N) is 1. The molecule has 5 aliphatic rings. The summed E-state index contributed by atoms with van der Waals surface area (Å²) in [6, 6.07) is 7.09. The molecule has 0 amide bonds. The molecule has 2 bridgehead atoms. The van der Waals surface area contributed by atoms with Gasteiger partial charge in [0.15, 0.2) is 35.4 Å². The van der Waals surface area contributed by atoms with Crippen molar-refractivity contribution in [1.82, 2.24) is 4.90 Å². The number of carbonyl (C=O) groups excluding carboxylic acids is 2. The van der Waals surface area contributed by atoms with E-state index in [0.717, 1.165) is 48.7 Å². The number of furan rings is 1. The van der Waals surface area contributed by atoms with Crippen LogP contribution in [0.4, 0.5) is 0 Å². The number of rotatable bonds is 3. The van der Waals surface area contributed by atoms with Crippen LogP contribution in [-0.2, 0) is 16.6 Å². The lowest BCUT2D eigenvalue weighted by molar-refractivity contribution is -0.188. The van der Waals surface area contributed by atoms with E-state index in [1.54, 1.807) is 25.1 Å². The highest BCUT2D eigenvalue weighted by Gasteiger charge is 2.73. The van der Waals surface area contributed by atoms with E-state index >= 15 is 0 Å². The van der Waals surface area contributed by atoms with Gasteiger partial charge in [0, 0.05) is 24.6 Å². The first-order valence-corrected chi connectivity index (χ1v) is 11.9. The van der Waals surface area contributed by atoms with E-state index in [-0.39, 0.29) is 17.6 Å². The molecule has 174 valence electrons. The molecular weight excluding hydrogens is 422 g/mol. The molecule has 3 heterocycles. The second kappa shape index (κ2) is 7.18. The minimum absolute atomic E-state index is 0.0454. The van der Waals surface area contributed by atoms with Gasteiger partial charge in [-0.05, 0) is 75.3 Å². The van der Waals surface area contributed by atoms with Gasteiger partial charge in [-0.3, -0.25) is 14.5 Å². The van der Waals surface area contributed by atoms with Gasteiger partial charge in [0.05, 0.1) is 11.0 Å². The monoisotopic (exact) mass is 451 g/mol. The molecule has 0 unspecified atom stereocenters. The minimum atomic E-state index is -0.940. The van der Waals surface area contributed by atoms with E-state index in [0.29, 0.717) is 30.6 Å². The average molecular weight is 452 g/mol. The fourth-order valence-corrected chi connectivity index (χ4v) is 6.78. The van der Waals surface area contributed by atoms with Gasteiger partial charge >= 0.3 is 0 Å². The Morgan fingerprint density at radius 3 is 2.70 bits per heavy atom. The zero-order valence-corrected chi connectivity index (χ0v) is 18.8. The summed E-state index contributed by atoms with van der Waals surface area (Å²) in [6.45, 7) is 3.75. The molecular formula is C26H29NO6. The quantitative estimate of drug-likeness (QED) is 0.692. The summed E-state index contributed by atoms with van der Waals surface area (Å²) in [6.07, 6.45) is 5.01. The van der Waals surface area contributed by atoms with Crippen LogP contribution in [-0.4, -0.2) is 58.0 Å². The molecule has 2 N–H and O–H groups in total. The molecule has 1 spiro atoms. The molecule has 7 nitrogen and oxygen atoms in total. The second-order valence-electron chi connectivity index (χ2n) is 10.3.